The minimum absolute atomic E-state index is 0.105. The van der Waals surface area contributed by atoms with Gasteiger partial charge in [0.25, 0.3) is 0 Å². The molecule has 5 rings (SSSR count). The smallest absolute Gasteiger partial charge is 0.573 e. The highest BCUT2D eigenvalue weighted by molar-refractivity contribution is 7.79. The lowest BCUT2D eigenvalue weighted by Crippen LogP contribution is -2.16. The molecule has 214 valence electrons. The minimum atomic E-state index is -4.83. The van der Waals surface area contributed by atoms with Gasteiger partial charge in [-0.25, -0.2) is 4.98 Å². The molecule has 3 aromatic carbocycles. The van der Waals surface area contributed by atoms with E-state index in [0.717, 1.165) is 12.8 Å². The first-order valence-corrected chi connectivity index (χ1v) is 13.7. The van der Waals surface area contributed by atoms with E-state index in [1.165, 1.54) is 42.6 Å². The van der Waals surface area contributed by atoms with Crippen molar-refractivity contribution in [2.45, 2.75) is 31.0 Å². The van der Waals surface area contributed by atoms with Crippen LogP contribution in [0.1, 0.15) is 18.7 Å². The van der Waals surface area contributed by atoms with Crippen LogP contribution in [0.3, 0.4) is 0 Å². The molecule has 0 saturated heterocycles. The van der Waals surface area contributed by atoms with Crippen LogP contribution in [0.25, 0.3) is 33.7 Å². The van der Waals surface area contributed by atoms with Crippen molar-refractivity contribution in [3.63, 3.8) is 0 Å². The zero-order valence-corrected chi connectivity index (χ0v) is 22.8. The molecule has 1 atom stereocenters. The summed E-state index contributed by atoms with van der Waals surface area (Å²) in [5, 5.41) is 9.65. The number of oxazole rings is 1. The minimum Gasteiger partial charge on any atom is -0.768 e. The third-order valence-electron chi connectivity index (χ3n) is 6.48. The Morgan fingerprint density at radius 2 is 1.83 bits per heavy atom. The molecule has 1 aliphatic carbocycles. The van der Waals surface area contributed by atoms with E-state index in [2.05, 4.69) is 20.8 Å². The highest BCUT2D eigenvalue weighted by Crippen LogP contribution is 2.41. The molecule has 8 nitrogen and oxygen atoms in total. The summed E-state index contributed by atoms with van der Waals surface area (Å²) in [5.41, 5.74) is 9.74. The summed E-state index contributed by atoms with van der Waals surface area (Å²) < 4.78 is 71.1. The molecule has 1 aliphatic rings. The number of alkyl halides is 3. The van der Waals surface area contributed by atoms with E-state index < -0.39 is 17.4 Å². The maximum Gasteiger partial charge on any atom is 0.573 e. The van der Waals surface area contributed by atoms with Gasteiger partial charge in [0.1, 0.15) is 17.5 Å². The number of aromatic nitrogens is 1. The quantitative estimate of drug-likeness (QED) is 0.133. The van der Waals surface area contributed by atoms with E-state index in [1.807, 2.05) is 0 Å². The number of aliphatic imine (C=N–C) groups is 1. The molecule has 1 aromatic heterocycles. The highest BCUT2D eigenvalue weighted by Gasteiger charge is 2.31. The zero-order chi connectivity index (χ0) is 30.0. The molecule has 12 heteroatoms. The molecule has 1 heterocycles. The van der Waals surface area contributed by atoms with Crippen molar-refractivity contribution in [3.05, 3.63) is 83.9 Å². The Balaban J connectivity index is 1.64. The maximum atomic E-state index is 12.7. The van der Waals surface area contributed by atoms with Gasteiger partial charge < -0.3 is 19.4 Å². The van der Waals surface area contributed by atoms with Crippen molar-refractivity contribution in [1.82, 2.24) is 4.98 Å². The average Bonchev–Trinajstić information content (AvgIpc) is 3.74. The summed E-state index contributed by atoms with van der Waals surface area (Å²) in [6, 6.07) is 18.8. The van der Waals surface area contributed by atoms with Crippen molar-refractivity contribution in [2.24, 2.45) is 16.6 Å². The summed E-state index contributed by atoms with van der Waals surface area (Å²) >= 11 is -2.44. The molecule has 0 amide bonds. The standard InChI is InChI=1S/C30H23F3N4O4S/c1-17-37-28(19-7-10-23(11-8-19)41-30(31,32)33)29(40-17)25-14-21(20-3-2-4-24(13-20)42(38)39)9-12-26(25)36-16-22(15-34)27(35)18-5-6-18/h2-4,7-14,16,18H,5-6,35H2,1H3,(H,38,39)/p-1. The summed E-state index contributed by atoms with van der Waals surface area (Å²) in [6.07, 6.45) is -1.63. The maximum absolute atomic E-state index is 12.7. The van der Waals surface area contributed by atoms with Crippen LogP contribution in [-0.2, 0) is 11.1 Å². The number of hydrogen-bond acceptors (Lipinski definition) is 8. The Morgan fingerprint density at radius 1 is 1.14 bits per heavy atom. The molecular formula is C30H22F3N4O4S-. The second-order valence-corrected chi connectivity index (χ2v) is 10.4. The highest BCUT2D eigenvalue weighted by atomic mass is 32.2. The fraction of sp³-hybridized carbons (Fsp3) is 0.167. The van der Waals surface area contributed by atoms with Gasteiger partial charge in [0.15, 0.2) is 11.7 Å². The molecule has 0 bridgehead atoms. The number of nitrogens with zero attached hydrogens (tertiary/aromatic N) is 3. The van der Waals surface area contributed by atoms with Crippen LogP contribution >= 0.6 is 0 Å². The van der Waals surface area contributed by atoms with E-state index in [0.29, 0.717) is 39.3 Å². The molecule has 1 fully saturated rings. The molecule has 0 radical (unpaired) electrons. The Labute approximate surface area is 241 Å². The lowest BCUT2D eigenvalue weighted by molar-refractivity contribution is -0.274. The Bertz CT molecular complexity index is 1770. The second kappa shape index (κ2) is 11.6. The largest absolute Gasteiger partial charge is 0.768 e. The summed E-state index contributed by atoms with van der Waals surface area (Å²) in [4.78, 5) is 9.12. The zero-order valence-electron chi connectivity index (χ0n) is 22.0. The van der Waals surface area contributed by atoms with Crippen molar-refractivity contribution < 1.29 is 31.1 Å². The van der Waals surface area contributed by atoms with Gasteiger partial charge in [0.2, 0.25) is 0 Å². The molecule has 0 aliphatic heterocycles. The number of rotatable bonds is 8. The lowest BCUT2D eigenvalue weighted by Gasteiger charge is -2.12. The Morgan fingerprint density at radius 3 is 2.48 bits per heavy atom. The SMILES string of the molecule is Cc1nc(-c2ccc(OC(F)(F)F)cc2)c(-c2cc(-c3cccc(S(=O)[O-])c3)ccc2N=CC(C#N)=C(N)C2CC2)o1. The van der Waals surface area contributed by atoms with Crippen LogP contribution in [0.2, 0.25) is 0 Å². The van der Waals surface area contributed by atoms with Crippen LogP contribution in [0.4, 0.5) is 18.9 Å². The van der Waals surface area contributed by atoms with Gasteiger partial charge in [-0.1, -0.05) is 18.2 Å². The number of nitriles is 1. The Hall–Kier alpha value is -4.73. The first-order chi connectivity index (χ1) is 20.0. The second-order valence-electron chi connectivity index (χ2n) is 9.49. The van der Waals surface area contributed by atoms with Crippen LogP contribution < -0.4 is 10.5 Å². The van der Waals surface area contributed by atoms with Crippen molar-refractivity contribution in [2.75, 3.05) is 0 Å². The summed E-state index contributed by atoms with van der Waals surface area (Å²) in [5.74, 6) is 0.321. The van der Waals surface area contributed by atoms with Gasteiger partial charge in [0, 0.05) is 34.9 Å². The molecule has 4 aromatic rings. The predicted molar refractivity (Wildman–Crippen MR) is 149 cm³/mol. The number of aryl methyl sites for hydroxylation is 1. The molecular weight excluding hydrogens is 569 g/mol. The molecule has 1 unspecified atom stereocenters. The number of allylic oxidation sites excluding steroid dienone is 2. The van der Waals surface area contributed by atoms with E-state index in [4.69, 9.17) is 10.2 Å². The normalized spacial score (nSPS) is 14.9. The fourth-order valence-electron chi connectivity index (χ4n) is 4.33. The number of ether oxygens (including phenoxy) is 1. The van der Waals surface area contributed by atoms with E-state index in [9.17, 15) is 27.2 Å². The first-order valence-electron chi connectivity index (χ1n) is 12.6. The Kier molecular flexibility index (Phi) is 7.98. The number of halogens is 3. The molecule has 2 N–H and O–H groups in total. The summed E-state index contributed by atoms with van der Waals surface area (Å²) in [7, 11) is 0. The van der Waals surface area contributed by atoms with Gasteiger partial charge in [0.05, 0.1) is 11.3 Å². The average molecular weight is 592 g/mol. The number of nitrogens with two attached hydrogens (primary N) is 1. The van der Waals surface area contributed by atoms with Gasteiger partial charge in [-0.2, -0.15) is 5.26 Å². The molecule has 1 saturated carbocycles. The topological polar surface area (TPSA) is 138 Å². The predicted octanol–water partition coefficient (Wildman–Crippen LogP) is 6.97. The van der Waals surface area contributed by atoms with Gasteiger partial charge >= 0.3 is 6.36 Å². The monoisotopic (exact) mass is 591 g/mol. The van der Waals surface area contributed by atoms with Crippen molar-refractivity contribution >= 4 is 23.0 Å². The van der Waals surface area contributed by atoms with Crippen LogP contribution in [0.15, 0.2) is 92.3 Å². The van der Waals surface area contributed by atoms with E-state index >= 15 is 0 Å². The van der Waals surface area contributed by atoms with Gasteiger partial charge in [-0.05, 0) is 89.5 Å². The van der Waals surface area contributed by atoms with Crippen LogP contribution in [0, 0.1) is 24.2 Å². The van der Waals surface area contributed by atoms with E-state index in [1.54, 1.807) is 37.3 Å². The van der Waals surface area contributed by atoms with Crippen LogP contribution in [0.5, 0.6) is 5.75 Å². The lowest BCUT2D eigenvalue weighted by atomic mass is 9.98. The third kappa shape index (κ3) is 6.59. The number of hydrogen-bond donors (Lipinski definition) is 1. The van der Waals surface area contributed by atoms with Gasteiger partial charge in [-0.15, -0.1) is 13.2 Å². The van der Waals surface area contributed by atoms with Crippen molar-refractivity contribution in [3.8, 4) is 45.5 Å². The first kappa shape index (κ1) is 28.8. The number of benzene rings is 3. The van der Waals surface area contributed by atoms with Crippen LogP contribution in [-0.4, -0.2) is 26.3 Å². The molecule has 42 heavy (non-hydrogen) atoms. The molecule has 0 spiro atoms. The van der Waals surface area contributed by atoms with Gasteiger partial charge in [-0.3, -0.25) is 9.20 Å². The van der Waals surface area contributed by atoms with E-state index in [-0.39, 0.29) is 33.8 Å². The summed E-state index contributed by atoms with van der Waals surface area (Å²) in [6.45, 7) is 1.63. The third-order valence-corrected chi connectivity index (χ3v) is 7.12. The fourth-order valence-corrected chi connectivity index (χ4v) is 4.74. The van der Waals surface area contributed by atoms with Crippen molar-refractivity contribution in [1.29, 1.82) is 5.26 Å².